The minimum atomic E-state index is -5.23. The van der Waals surface area contributed by atoms with Crippen LogP contribution in [0.2, 0.25) is 0 Å². The van der Waals surface area contributed by atoms with Crippen molar-refractivity contribution in [1.82, 2.24) is 19.5 Å². The first-order chi connectivity index (χ1) is 18.0. The van der Waals surface area contributed by atoms with Crippen LogP contribution in [0.1, 0.15) is 53.8 Å². The van der Waals surface area contributed by atoms with Gasteiger partial charge in [0.25, 0.3) is 5.56 Å². The molecule has 208 valence electrons. The second kappa shape index (κ2) is 8.95. The molecule has 15 heteroatoms. The number of hydrogen-bond donors (Lipinski definition) is 0. The second-order valence-corrected chi connectivity index (χ2v) is 9.48. The molecular weight excluding hydrogens is 545 g/mol. The molecule has 4 heterocycles. The highest BCUT2D eigenvalue weighted by Gasteiger charge is 2.51. The molecule has 3 atom stereocenters. The monoisotopic (exact) mass is 563 g/mol. The number of aromatic nitrogens is 4. The number of nitrogens with zero attached hydrogens (tertiary/aromatic N) is 5. The van der Waals surface area contributed by atoms with Crippen molar-refractivity contribution in [2.24, 2.45) is 5.92 Å². The van der Waals surface area contributed by atoms with E-state index in [-0.39, 0.29) is 24.4 Å². The highest BCUT2D eigenvalue weighted by Crippen LogP contribution is 2.52. The SMILES string of the molecule is Cc1cccc(-n2c([C@@H]3[C@H]4CC[C@H](C4)N3c3cc(C(F)(F)F)cc(C(F)(F)F)n3)nc(C(F)(F)F)cc2=O)n1. The van der Waals surface area contributed by atoms with Crippen LogP contribution in [-0.4, -0.2) is 25.6 Å². The number of alkyl halides is 9. The van der Waals surface area contributed by atoms with Gasteiger partial charge in [0, 0.05) is 17.8 Å². The molecule has 2 bridgehead atoms. The lowest BCUT2D eigenvalue weighted by molar-refractivity contribution is -0.145. The molecule has 0 radical (unpaired) electrons. The van der Waals surface area contributed by atoms with E-state index in [1.807, 2.05) is 0 Å². The molecule has 2 aliphatic rings. The lowest BCUT2D eigenvalue weighted by atomic mass is 9.97. The number of piperidine rings is 1. The zero-order valence-corrected chi connectivity index (χ0v) is 19.9. The average Bonchev–Trinajstić information content (AvgIpc) is 3.43. The third kappa shape index (κ3) is 4.93. The van der Waals surface area contributed by atoms with Crippen LogP contribution in [0.25, 0.3) is 5.82 Å². The molecule has 0 amide bonds. The van der Waals surface area contributed by atoms with Gasteiger partial charge in [0.05, 0.1) is 11.6 Å². The molecule has 3 aromatic heterocycles. The number of hydrogen-bond acceptors (Lipinski definition) is 5. The minimum Gasteiger partial charge on any atom is -0.343 e. The predicted octanol–water partition coefficient (Wildman–Crippen LogP) is 6.12. The van der Waals surface area contributed by atoms with Gasteiger partial charge in [-0.05, 0) is 56.4 Å². The van der Waals surface area contributed by atoms with E-state index in [9.17, 15) is 44.3 Å². The van der Waals surface area contributed by atoms with Crippen molar-refractivity contribution in [1.29, 1.82) is 0 Å². The molecular formula is C24H18F9N5O. The van der Waals surface area contributed by atoms with Gasteiger partial charge in [-0.25, -0.2) is 19.5 Å². The lowest BCUT2D eigenvalue weighted by Gasteiger charge is -2.37. The molecule has 0 unspecified atom stereocenters. The lowest BCUT2D eigenvalue weighted by Crippen LogP contribution is -2.40. The maximum Gasteiger partial charge on any atom is 0.433 e. The Kier molecular flexibility index (Phi) is 6.18. The molecule has 1 saturated carbocycles. The molecule has 0 spiro atoms. The highest BCUT2D eigenvalue weighted by atomic mass is 19.4. The quantitative estimate of drug-likeness (QED) is 0.360. The maximum atomic E-state index is 13.7. The number of halogens is 9. The third-order valence-corrected chi connectivity index (χ3v) is 6.88. The number of rotatable bonds is 3. The summed E-state index contributed by atoms with van der Waals surface area (Å²) in [5, 5.41) is 0. The largest absolute Gasteiger partial charge is 0.433 e. The fourth-order valence-corrected chi connectivity index (χ4v) is 5.33. The van der Waals surface area contributed by atoms with Crippen LogP contribution in [0.15, 0.2) is 41.2 Å². The van der Waals surface area contributed by atoms with E-state index in [0.717, 1.165) is 9.47 Å². The van der Waals surface area contributed by atoms with Crippen molar-refractivity contribution in [2.75, 3.05) is 4.90 Å². The van der Waals surface area contributed by atoms with Gasteiger partial charge in [-0.2, -0.15) is 39.5 Å². The summed E-state index contributed by atoms with van der Waals surface area (Å²) in [7, 11) is 0. The van der Waals surface area contributed by atoms with E-state index in [4.69, 9.17) is 0 Å². The van der Waals surface area contributed by atoms with E-state index in [2.05, 4.69) is 15.0 Å². The van der Waals surface area contributed by atoms with Crippen molar-refractivity contribution >= 4 is 5.82 Å². The van der Waals surface area contributed by atoms with Crippen molar-refractivity contribution in [3.63, 3.8) is 0 Å². The summed E-state index contributed by atoms with van der Waals surface area (Å²) in [6, 6.07) is 3.07. The third-order valence-electron chi connectivity index (χ3n) is 6.88. The van der Waals surface area contributed by atoms with Gasteiger partial charge in [-0.1, -0.05) is 6.07 Å². The van der Waals surface area contributed by atoms with E-state index in [1.165, 1.54) is 12.1 Å². The summed E-state index contributed by atoms with van der Waals surface area (Å²) in [6.45, 7) is 1.57. The Morgan fingerprint density at radius 3 is 2.08 bits per heavy atom. The first-order valence-electron chi connectivity index (χ1n) is 11.6. The zero-order chi connectivity index (χ0) is 28.5. The number of anilines is 1. The van der Waals surface area contributed by atoms with Crippen molar-refractivity contribution in [3.8, 4) is 5.82 Å². The van der Waals surface area contributed by atoms with E-state index < -0.39 is 70.7 Å². The summed E-state index contributed by atoms with van der Waals surface area (Å²) < 4.78 is 123. The fraction of sp³-hybridized carbons (Fsp3) is 0.417. The Labute approximate surface area is 214 Å². The molecule has 5 rings (SSSR count). The molecule has 3 aromatic rings. The van der Waals surface area contributed by atoms with Gasteiger partial charge in [-0.15, -0.1) is 0 Å². The van der Waals surface area contributed by atoms with Gasteiger partial charge < -0.3 is 4.90 Å². The maximum absolute atomic E-state index is 13.7. The van der Waals surface area contributed by atoms with Gasteiger partial charge in [0.15, 0.2) is 5.69 Å². The summed E-state index contributed by atoms with van der Waals surface area (Å²) in [5.74, 6) is -1.82. The molecule has 2 fully saturated rings. The van der Waals surface area contributed by atoms with Crippen molar-refractivity contribution in [3.05, 3.63) is 75.2 Å². The number of pyridine rings is 2. The Morgan fingerprint density at radius 1 is 0.795 bits per heavy atom. The molecule has 1 saturated heterocycles. The first kappa shape index (κ1) is 26.9. The van der Waals surface area contributed by atoms with Crippen LogP contribution < -0.4 is 10.5 Å². The normalized spacial score (nSPS) is 21.6. The Balaban J connectivity index is 1.77. The molecule has 0 aromatic carbocycles. The van der Waals surface area contributed by atoms with Crippen LogP contribution >= 0.6 is 0 Å². The molecule has 1 aliphatic heterocycles. The van der Waals surface area contributed by atoms with Gasteiger partial charge in [0.2, 0.25) is 0 Å². The van der Waals surface area contributed by atoms with Crippen molar-refractivity contribution < 1.29 is 39.5 Å². The van der Waals surface area contributed by atoms with Gasteiger partial charge in [-0.3, -0.25) is 4.79 Å². The van der Waals surface area contributed by atoms with Crippen LogP contribution in [0.4, 0.5) is 45.3 Å². The molecule has 0 N–H and O–H groups in total. The minimum absolute atomic E-state index is 0.0908. The van der Waals surface area contributed by atoms with E-state index >= 15 is 0 Å². The van der Waals surface area contributed by atoms with Crippen LogP contribution in [0.3, 0.4) is 0 Å². The number of aryl methyl sites for hydroxylation is 1. The highest BCUT2D eigenvalue weighted by molar-refractivity contribution is 5.50. The topological polar surface area (TPSA) is 63.9 Å². The van der Waals surface area contributed by atoms with Crippen LogP contribution in [0, 0.1) is 12.8 Å². The predicted molar refractivity (Wildman–Crippen MR) is 118 cm³/mol. The summed E-state index contributed by atoms with van der Waals surface area (Å²) >= 11 is 0. The summed E-state index contributed by atoms with van der Waals surface area (Å²) in [4.78, 5) is 25.5. The average molecular weight is 563 g/mol. The zero-order valence-electron chi connectivity index (χ0n) is 19.9. The molecule has 6 nitrogen and oxygen atoms in total. The molecule has 1 aliphatic carbocycles. The van der Waals surface area contributed by atoms with Gasteiger partial charge in [0.1, 0.15) is 23.2 Å². The van der Waals surface area contributed by atoms with Crippen molar-refractivity contribution in [2.45, 2.75) is 56.8 Å². The van der Waals surface area contributed by atoms with Gasteiger partial charge >= 0.3 is 18.5 Å². The van der Waals surface area contributed by atoms with Crippen LogP contribution in [0.5, 0.6) is 0 Å². The smallest absolute Gasteiger partial charge is 0.343 e. The van der Waals surface area contributed by atoms with Crippen LogP contribution in [-0.2, 0) is 18.5 Å². The standard InChI is InChI=1S/C24H18F9N5O/c1-11-3-2-4-17(34-11)38-19(39)10-16(24(31,32)33)36-21(38)20-12-5-6-14(7-12)37(20)18-9-13(22(25,26)27)8-15(35-18)23(28,29)30/h2-4,8-10,12,14,20H,5-7H2,1H3/t12-,14+,20-/m0/s1. The fourth-order valence-electron chi connectivity index (χ4n) is 5.33. The Bertz CT molecular complexity index is 1450. The Morgan fingerprint density at radius 2 is 1.46 bits per heavy atom. The Hall–Kier alpha value is -3.65. The molecule has 39 heavy (non-hydrogen) atoms. The second-order valence-electron chi connectivity index (χ2n) is 9.48. The summed E-state index contributed by atoms with van der Waals surface area (Å²) in [6.07, 6.45) is -14.4. The summed E-state index contributed by atoms with van der Waals surface area (Å²) in [5.41, 5.74) is -5.70. The van der Waals surface area contributed by atoms with E-state index in [0.29, 0.717) is 24.6 Å². The number of fused-ring (bicyclic) bond motifs is 2. The van der Waals surface area contributed by atoms with E-state index in [1.54, 1.807) is 13.0 Å². The first-order valence-corrected chi connectivity index (χ1v) is 11.6.